The molecule has 10 heteroatoms. The maximum atomic E-state index is 13.2. The van der Waals surface area contributed by atoms with E-state index in [-0.39, 0.29) is 25.4 Å². The fourth-order valence-corrected chi connectivity index (χ4v) is 5.74. The smallest absolute Gasteiger partial charge is 0.309 e. The van der Waals surface area contributed by atoms with Gasteiger partial charge in [-0.3, -0.25) is 9.59 Å². The van der Waals surface area contributed by atoms with Crippen molar-refractivity contribution in [3.05, 3.63) is 28.8 Å². The van der Waals surface area contributed by atoms with Crippen molar-refractivity contribution in [3.63, 3.8) is 0 Å². The van der Waals surface area contributed by atoms with Gasteiger partial charge in [0.25, 0.3) is 0 Å². The van der Waals surface area contributed by atoms with Crippen LogP contribution in [-0.2, 0) is 23.8 Å². The van der Waals surface area contributed by atoms with Crippen molar-refractivity contribution in [1.82, 2.24) is 4.98 Å². The number of aliphatic hydroxyl groups excluding tert-OH is 2. The van der Waals surface area contributed by atoms with E-state index in [0.717, 1.165) is 15.2 Å². The topological polar surface area (TPSA) is 142 Å². The average molecular weight is 531 g/mol. The number of esters is 1. The van der Waals surface area contributed by atoms with Crippen LogP contribution in [0.1, 0.15) is 57.2 Å². The number of aliphatic hydroxyl groups is 2. The van der Waals surface area contributed by atoms with E-state index in [9.17, 15) is 25.1 Å². The molecule has 3 heterocycles. The highest BCUT2D eigenvalue weighted by molar-refractivity contribution is 7.18. The predicted molar refractivity (Wildman–Crippen MR) is 136 cm³/mol. The molecule has 2 aliphatic rings. The van der Waals surface area contributed by atoms with E-state index in [1.54, 1.807) is 39.0 Å². The molecular formula is C27H34N2O7S. The zero-order valence-electron chi connectivity index (χ0n) is 21.8. The number of nitriles is 1. The molecule has 0 unspecified atom stereocenters. The monoisotopic (exact) mass is 530 g/mol. The molecule has 7 atom stereocenters. The number of epoxide rings is 1. The summed E-state index contributed by atoms with van der Waals surface area (Å²) in [4.78, 5) is 30.8. The fraction of sp³-hybridized carbons (Fsp3) is 0.630. The second-order valence-electron chi connectivity index (χ2n) is 10.9. The Hall–Kier alpha value is -2.42. The summed E-state index contributed by atoms with van der Waals surface area (Å²) in [7, 11) is 0. The molecule has 0 bridgehead atoms. The van der Waals surface area contributed by atoms with Crippen molar-refractivity contribution in [2.75, 3.05) is 13.2 Å². The number of thiazole rings is 1. The summed E-state index contributed by atoms with van der Waals surface area (Å²) < 4.78 is 18.3. The van der Waals surface area contributed by atoms with Crippen molar-refractivity contribution in [3.8, 4) is 6.07 Å². The number of rotatable bonds is 1. The number of Topliss-reactive ketones (excluding diaryl/α,β-unsaturated/α-hetero) is 1. The van der Waals surface area contributed by atoms with Crippen molar-refractivity contribution >= 4 is 33.3 Å². The third-order valence-electron chi connectivity index (χ3n) is 7.63. The number of carbonyl (C=O) groups excluding carboxylic acids is 2. The van der Waals surface area contributed by atoms with Crippen molar-refractivity contribution in [2.45, 2.75) is 77.5 Å². The number of nitrogens with zero attached hydrogens (tertiary/aromatic N) is 2. The van der Waals surface area contributed by atoms with E-state index in [0.29, 0.717) is 5.56 Å². The first-order valence-electron chi connectivity index (χ1n) is 12.5. The van der Waals surface area contributed by atoms with Gasteiger partial charge >= 0.3 is 5.97 Å². The lowest BCUT2D eigenvalue weighted by Gasteiger charge is -2.34. The Labute approximate surface area is 220 Å². The zero-order chi connectivity index (χ0) is 27.1. The summed E-state index contributed by atoms with van der Waals surface area (Å²) >= 11 is 1.56. The standard InChI is InChI=1S/C27H34N2O7S/c1-14-11-34-13-27(12-28)22(36-27)9-19(17-6-7-20-18(8-17)29-16(3)37-20)35-23(31)10-21(30)26(4,5)25(33)15(2)24(14)32/h6-8,14-15,19,21-22,24,30,32H,9-11,13H2,1-5H3/t14-,15+,19-,21-,22-,24-,27-/m0/s1. The summed E-state index contributed by atoms with van der Waals surface area (Å²) in [5.74, 6) is -2.25. The predicted octanol–water partition coefficient (Wildman–Crippen LogP) is 3.25. The summed E-state index contributed by atoms with van der Waals surface area (Å²) in [5.41, 5.74) is -0.996. The summed E-state index contributed by atoms with van der Waals surface area (Å²) in [6.45, 7) is 8.52. The Morgan fingerprint density at radius 2 is 1.95 bits per heavy atom. The Morgan fingerprint density at radius 1 is 1.22 bits per heavy atom. The van der Waals surface area contributed by atoms with Crippen LogP contribution in [0.25, 0.3) is 10.2 Å². The van der Waals surface area contributed by atoms with Gasteiger partial charge in [-0.25, -0.2) is 4.98 Å². The molecule has 2 saturated heterocycles. The van der Waals surface area contributed by atoms with Gasteiger partial charge in [-0.2, -0.15) is 5.26 Å². The number of carbonyl (C=O) groups is 2. The van der Waals surface area contributed by atoms with Gasteiger partial charge in [0.05, 0.1) is 52.5 Å². The lowest BCUT2D eigenvalue weighted by atomic mass is 9.73. The molecule has 2 fully saturated rings. The number of aromatic nitrogens is 1. The van der Waals surface area contributed by atoms with Crippen molar-refractivity contribution < 1.29 is 34.0 Å². The molecule has 0 aliphatic carbocycles. The Kier molecular flexibility index (Phi) is 7.75. The van der Waals surface area contributed by atoms with E-state index >= 15 is 0 Å². The van der Waals surface area contributed by atoms with Gasteiger partial charge in [0.2, 0.25) is 5.60 Å². The molecule has 1 aromatic heterocycles. The van der Waals surface area contributed by atoms with Crippen molar-refractivity contribution in [2.24, 2.45) is 17.3 Å². The molecule has 0 spiro atoms. The molecule has 2 aliphatic heterocycles. The van der Waals surface area contributed by atoms with Gasteiger partial charge < -0.3 is 24.4 Å². The average Bonchev–Trinajstić information content (AvgIpc) is 3.40. The number of fused-ring (bicyclic) bond motifs is 2. The molecule has 37 heavy (non-hydrogen) atoms. The van der Waals surface area contributed by atoms with Crippen LogP contribution < -0.4 is 0 Å². The highest BCUT2D eigenvalue weighted by atomic mass is 32.1. The molecule has 0 amide bonds. The molecular weight excluding hydrogens is 496 g/mol. The number of hydrogen-bond acceptors (Lipinski definition) is 10. The van der Waals surface area contributed by atoms with Crippen LogP contribution in [0.4, 0.5) is 0 Å². The lowest BCUT2D eigenvalue weighted by Crippen LogP contribution is -2.46. The highest BCUT2D eigenvalue weighted by Crippen LogP contribution is 2.44. The Balaban J connectivity index is 1.64. The minimum absolute atomic E-state index is 0.0112. The third-order valence-corrected chi connectivity index (χ3v) is 8.58. The van der Waals surface area contributed by atoms with Crippen LogP contribution in [0.5, 0.6) is 0 Å². The molecule has 9 nitrogen and oxygen atoms in total. The van der Waals surface area contributed by atoms with Gasteiger partial charge in [0, 0.05) is 18.3 Å². The first kappa shape index (κ1) is 27.6. The molecule has 2 aromatic rings. The van der Waals surface area contributed by atoms with Crippen LogP contribution in [0.2, 0.25) is 0 Å². The van der Waals surface area contributed by atoms with Crippen LogP contribution in [0.15, 0.2) is 18.2 Å². The molecule has 1 aromatic carbocycles. The number of aryl methyl sites for hydroxylation is 1. The van der Waals surface area contributed by atoms with Gasteiger partial charge in [0.15, 0.2) is 0 Å². The van der Waals surface area contributed by atoms with Gasteiger partial charge in [-0.05, 0) is 24.6 Å². The molecule has 0 saturated carbocycles. The number of hydrogen-bond donors (Lipinski definition) is 2. The summed E-state index contributed by atoms with van der Waals surface area (Å²) in [6, 6.07) is 7.81. The SMILES string of the molecule is Cc1nc2cc([C@@H]3C[C@@H]4O[C@@]4(C#N)COC[C@H](C)[C@H](O)[C@@H](C)C(=O)C(C)(C)[C@@H](O)CC(=O)O3)ccc2s1. The largest absolute Gasteiger partial charge is 0.457 e. The van der Waals surface area contributed by atoms with Gasteiger partial charge in [0.1, 0.15) is 24.1 Å². The lowest BCUT2D eigenvalue weighted by molar-refractivity contribution is -0.156. The quantitative estimate of drug-likeness (QED) is 0.419. The summed E-state index contributed by atoms with van der Waals surface area (Å²) in [5, 5.41) is 32.4. The normalized spacial score (nSPS) is 35.4. The summed E-state index contributed by atoms with van der Waals surface area (Å²) in [6.07, 6.45) is -3.81. The van der Waals surface area contributed by atoms with Crippen LogP contribution in [0, 0.1) is 35.5 Å². The minimum atomic E-state index is -1.32. The highest BCUT2D eigenvalue weighted by Gasteiger charge is 2.59. The maximum Gasteiger partial charge on any atom is 0.309 e. The zero-order valence-corrected chi connectivity index (χ0v) is 22.6. The Morgan fingerprint density at radius 3 is 2.65 bits per heavy atom. The third kappa shape index (κ3) is 5.56. The Bertz CT molecular complexity index is 1220. The molecule has 4 rings (SSSR count). The van der Waals surface area contributed by atoms with Crippen LogP contribution in [-0.4, -0.2) is 64.1 Å². The van der Waals surface area contributed by atoms with E-state index in [1.807, 2.05) is 25.1 Å². The van der Waals surface area contributed by atoms with Crippen LogP contribution in [0.3, 0.4) is 0 Å². The molecule has 0 radical (unpaired) electrons. The second kappa shape index (κ2) is 10.4. The van der Waals surface area contributed by atoms with Gasteiger partial charge in [-0.1, -0.05) is 33.8 Å². The first-order valence-corrected chi connectivity index (χ1v) is 13.3. The second-order valence-corrected chi connectivity index (χ2v) is 12.1. The van der Waals surface area contributed by atoms with E-state index < -0.39 is 59.7 Å². The minimum Gasteiger partial charge on any atom is -0.457 e. The molecule has 200 valence electrons. The maximum absolute atomic E-state index is 13.2. The molecule has 2 N–H and O–H groups in total. The number of benzene rings is 1. The fourth-order valence-electron chi connectivity index (χ4n) is 4.94. The number of ether oxygens (including phenoxy) is 3. The van der Waals surface area contributed by atoms with Crippen LogP contribution >= 0.6 is 11.3 Å². The van der Waals surface area contributed by atoms with E-state index in [1.165, 1.54) is 0 Å². The first-order chi connectivity index (χ1) is 17.4. The van der Waals surface area contributed by atoms with E-state index in [4.69, 9.17) is 14.2 Å². The van der Waals surface area contributed by atoms with E-state index in [2.05, 4.69) is 11.1 Å². The van der Waals surface area contributed by atoms with Crippen molar-refractivity contribution in [1.29, 1.82) is 5.26 Å². The number of ketones is 1. The number of cyclic esters (lactones) is 1. The van der Waals surface area contributed by atoms with Gasteiger partial charge in [-0.15, -0.1) is 11.3 Å².